The second-order valence-corrected chi connectivity index (χ2v) is 6.50. The van der Waals surface area contributed by atoms with Crippen LogP contribution in [-0.2, 0) is 9.53 Å². The summed E-state index contributed by atoms with van der Waals surface area (Å²) in [6.45, 7) is 3.98. The molecule has 0 aromatic carbocycles. The van der Waals surface area contributed by atoms with E-state index >= 15 is 0 Å². The predicted octanol–water partition coefficient (Wildman–Crippen LogP) is 1.15. The summed E-state index contributed by atoms with van der Waals surface area (Å²) in [5.41, 5.74) is -0.527. The Balaban J connectivity index is 1.66. The lowest BCUT2D eigenvalue weighted by Gasteiger charge is -2.36. The van der Waals surface area contributed by atoms with Gasteiger partial charge in [0.05, 0.1) is 7.11 Å². The number of carbonyl (C=O) groups is 1. The average molecular weight is 252 g/mol. The molecule has 0 amide bonds. The standard InChI is InChI=1S/C14H24N2O2/c1-14(13(17)18-2,15-11-4-5-11)9-16-8-10-3-6-12(16)7-10/h10-12,15H,3-9H2,1-2H3. The van der Waals surface area contributed by atoms with Gasteiger partial charge in [0.1, 0.15) is 5.54 Å². The zero-order valence-electron chi connectivity index (χ0n) is 11.4. The molecule has 3 unspecified atom stereocenters. The van der Waals surface area contributed by atoms with Crippen molar-refractivity contribution >= 4 is 5.97 Å². The highest BCUT2D eigenvalue weighted by atomic mass is 16.5. The summed E-state index contributed by atoms with van der Waals surface area (Å²) in [4.78, 5) is 14.6. The van der Waals surface area contributed by atoms with Crippen LogP contribution in [0.1, 0.15) is 39.0 Å². The highest BCUT2D eigenvalue weighted by Gasteiger charge is 2.45. The van der Waals surface area contributed by atoms with Crippen LogP contribution in [0, 0.1) is 5.92 Å². The molecule has 4 nitrogen and oxygen atoms in total. The van der Waals surface area contributed by atoms with E-state index < -0.39 is 5.54 Å². The van der Waals surface area contributed by atoms with E-state index in [4.69, 9.17) is 4.74 Å². The molecule has 3 aliphatic rings. The Morgan fingerprint density at radius 2 is 2.17 bits per heavy atom. The minimum atomic E-state index is -0.527. The summed E-state index contributed by atoms with van der Waals surface area (Å²) in [6, 6.07) is 1.23. The molecule has 3 fully saturated rings. The third-order valence-corrected chi connectivity index (χ3v) is 4.78. The van der Waals surface area contributed by atoms with Gasteiger partial charge in [-0.05, 0) is 44.9 Å². The van der Waals surface area contributed by atoms with E-state index in [1.54, 1.807) is 0 Å². The summed E-state index contributed by atoms with van der Waals surface area (Å²) >= 11 is 0. The van der Waals surface area contributed by atoms with Gasteiger partial charge in [0.2, 0.25) is 0 Å². The number of esters is 1. The number of hydrogen-bond donors (Lipinski definition) is 1. The van der Waals surface area contributed by atoms with E-state index in [1.807, 2.05) is 6.92 Å². The Morgan fingerprint density at radius 1 is 1.39 bits per heavy atom. The predicted molar refractivity (Wildman–Crippen MR) is 69.3 cm³/mol. The summed E-state index contributed by atoms with van der Waals surface area (Å²) in [5.74, 6) is 0.759. The number of ether oxygens (including phenoxy) is 1. The number of rotatable bonds is 5. The average Bonchev–Trinajstić information content (AvgIpc) is 2.90. The number of nitrogens with zero attached hydrogens (tertiary/aromatic N) is 1. The van der Waals surface area contributed by atoms with Gasteiger partial charge in [0.25, 0.3) is 0 Å². The smallest absolute Gasteiger partial charge is 0.327 e. The number of piperidine rings is 1. The van der Waals surface area contributed by atoms with E-state index in [-0.39, 0.29) is 5.97 Å². The van der Waals surface area contributed by atoms with Crippen LogP contribution in [0.5, 0.6) is 0 Å². The topological polar surface area (TPSA) is 41.6 Å². The fourth-order valence-corrected chi connectivity index (χ4v) is 3.70. The molecule has 0 spiro atoms. The Labute approximate surface area is 109 Å². The molecule has 1 saturated heterocycles. The molecule has 0 aromatic rings. The van der Waals surface area contributed by atoms with E-state index in [0.29, 0.717) is 12.1 Å². The Morgan fingerprint density at radius 3 is 2.67 bits per heavy atom. The van der Waals surface area contributed by atoms with Gasteiger partial charge in [-0.15, -0.1) is 0 Å². The maximum atomic E-state index is 12.1. The van der Waals surface area contributed by atoms with Crippen molar-refractivity contribution in [1.82, 2.24) is 10.2 Å². The monoisotopic (exact) mass is 252 g/mol. The molecule has 102 valence electrons. The molecular weight excluding hydrogens is 228 g/mol. The summed E-state index contributed by atoms with van der Waals surface area (Å²) in [7, 11) is 1.49. The van der Waals surface area contributed by atoms with Gasteiger partial charge in [-0.25, -0.2) is 0 Å². The van der Waals surface area contributed by atoms with Crippen molar-refractivity contribution in [2.24, 2.45) is 5.92 Å². The Hall–Kier alpha value is -0.610. The van der Waals surface area contributed by atoms with Crippen molar-refractivity contribution in [2.75, 3.05) is 20.2 Å². The highest BCUT2D eigenvalue weighted by Crippen LogP contribution is 2.38. The quantitative estimate of drug-likeness (QED) is 0.745. The fraction of sp³-hybridized carbons (Fsp3) is 0.929. The normalized spacial score (nSPS) is 34.6. The van der Waals surface area contributed by atoms with Crippen molar-refractivity contribution in [3.05, 3.63) is 0 Å². The summed E-state index contributed by atoms with van der Waals surface area (Å²) in [5, 5.41) is 3.49. The number of hydrogen-bond acceptors (Lipinski definition) is 4. The van der Waals surface area contributed by atoms with Crippen LogP contribution in [0.15, 0.2) is 0 Å². The largest absolute Gasteiger partial charge is 0.468 e. The van der Waals surface area contributed by atoms with Crippen molar-refractivity contribution < 1.29 is 9.53 Å². The van der Waals surface area contributed by atoms with Crippen LogP contribution >= 0.6 is 0 Å². The Bertz CT molecular complexity index is 343. The molecule has 1 N–H and O–H groups in total. The number of methoxy groups -OCH3 is 1. The van der Waals surface area contributed by atoms with Gasteiger partial charge < -0.3 is 4.74 Å². The van der Waals surface area contributed by atoms with Crippen LogP contribution in [0.3, 0.4) is 0 Å². The SMILES string of the molecule is COC(=O)C(C)(CN1CC2CCC1C2)NC1CC1. The van der Waals surface area contributed by atoms with Crippen molar-refractivity contribution in [3.63, 3.8) is 0 Å². The van der Waals surface area contributed by atoms with Gasteiger partial charge in [0, 0.05) is 25.2 Å². The van der Waals surface area contributed by atoms with E-state index in [9.17, 15) is 4.79 Å². The molecule has 2 aliphatic carbocycles. The molecule has 3 atom stereocenters. The van der Waals surface area contributed by atoms with Crippen LogP contribution in [0.2, 0.25) is 0 Å². The number of nitrogens with one attached hydrogen (secondary N) is 1. The van der Waals surface area contributed by atoms with Crippen molar-refractivity contribution in [3.8, 4) is 0 Å². The molecular formula is C14H24N2O2. The molecule has 3 rings (SSSR count). The molecule has 2 saturated carbocycles. The minimum absolute atomic E-state index is 0.114. The minimum Gasteiger partial charge on any atom is -0.468 e. The van der Waals surface area contributed by atoms with Crippen molar-refractivity contribution in [1.29, 1.82) is 0 Å². The molecule has 2 bridgehead atoms. The van der Waals surface area contributed by atoms with E-state index in [0.717, 1.165) is 12.5 Å². The van der Waals surface area contributed by atoms with E-state index in [1.165, 1.54) is 45.8 Å². The molecule has 4 heteroatoms. The first-order chi connectivity index (χ1) is 8.60. The molecule has 1 heterocycles. The van der Waals surface area contributed by atoms with Crippen molar-refractivity contribution in [2.45, 2.75) is 56.7 Å². The summed E-state index contributed by atoms with van der Waals surface area (Å²) in [6.07, 6.45) is 6.41. The number of carbonyl (C=O) groups excluding carboxylic acids is 1. The van der Waals surface area contributed by atoms with Gasteiger partial charge in [-0.1, -0.05) is 0 Å². The van der Waals surface area contributed by atoms with Crippen LogP contribution in [-0.4, -0.2) is 48.7 Å². The third-order valence-electron chi connectivity index (χ3n) is 4.78. The maximum absolute atomic E-state index is 12.1. The molecule has 1 aliphatic heterocycles. The van der Waals surface area contributed by atoms with Crippen LogP contribution < -0.4 is 5.32 Å². The lowest BCUT2D eigenvalue weighted by atomic mass is 9.99. The molecule has 18 heavy (non-hydrogen) atoms. The highest BCUT2D eigenvalue weighted by molar-refractivity contribution is 5.80. The fourth-order valence-electron chi connectivity index (χ4n) is 3.70. The molecule has 0 aromatic heterocycles. The first-order valence-corrected chi connectivity index (χ1v) is 7.21. The van der Waals surface area contributed by atoms with Crippen LogP contribution in [0.4, 0.5) is 0 Å². The first kappa shape index (κ1) is 12.4. The van der Waals surface area contributed by atoms with Crippen LogP contribution in [0.25, 0.3) is 0 Å². The second kappa shape index (κ2) is 4.49. The third kappa shape index (κ3) is 2.28. The van der Waals surface area contributed by atoms with Gasteiger partial charge in [-0.3, -0.25) is 15.0 Å². The van der Waals surface area contributed by atoms with E-state index in [2.05, 4.69) is 10.2 Å². The number of likely N-dealkylation sites (tertiary alicyclic amines) is 1. The molecule has 0 radical (unpaired) electrons. The summed E-state index contributed by atoms with van der Waals surface area (Å²) < 4.78 is 5.01. The van der Waals surface area contributed by atoms with Gasteiger partial charge in [0.15, 0.2) is 0 Å². The first-order valence-electron chi connectivity index (χ1n) is 7.21. The number of fused-ring (bicyclic) bond motifs is 2. The van der Waals surface area contributed by atoms with Gasteiger partial charge in [-0.2, -0.15) is 0 Å². The second-order valence-electron chi connectivity index (χ2n) is 6.50. The Kier molecular flexibility index (Phi) is 3.10. The van der Waals surface area contributed by atoms with Gasteiger partial charge >= 0.3 is 5.97 Å². The zero-order valence-corrected chi connectivity index (χ0v) is 11.4. The lowest BCUT2D eigenvalue weighted by Crippen LogP contribution is -2.59. The zero-order chi connectivity index (χ0) is 12.8. The lowest BCUT2D eigenvalue weighted by molar-refractivity contribution is -0.149. The maximum Gasteiger partial charge on any atom is 0.327 e.